The normalized spacial score (nSPS) is 11.3. The van der Waals surface area contributed by atoms with E-state index < -0.39 is 0 Å². The van der Waals surface area contributed by atoms with Gasteiger partial charge in [-0.05, 0) is 20.3 Å². The molecule has 0 fully saturated rings. The number of ether oxygens (including phenoxy) is 2. The van der Waals surface area contributed by atoms with Crippen molar-refractivity contribution >= 4 is 17.7 Å². The van der Waals surface area contributed by atoms with Crippen LogP contribution in [0.4, 0.5) is 5.95 Å². The van der Waals surface area contributed by atoms with Gasteiger partial charge in [-0.15, -0.1) is 10.2 Å². The van der Waals surface area contributed by atoms with Gasteiger partial charge in [-0.25, -0.2) is 0 Å². The molecule has 1 aromatic heterocycles. The molecule has 18 heavy (non-hydrogen) atoms. The van der Waals surface area contributed by atoms with Gasteiger partial charge in [0.05, 0.1) is 13.2 Å². The number of hydrogen-bond acceptors (Lipinski definition) is 6. The summed E-state index contributed by atoms with van der Waals surface area (Å²) in [5.74, 6) is 1.42. The molecule has 0 aliphatic heterocycles. The van der Waals surface area contributed by atoms with Gasteiger partial charge in [0.1, 0.15) is 0 Å². The van der Waals surface area contributed by atoms with Crippen LogP contribution in [0.3, 0.4) is 0 Å². The summed E-state index contributed by atoms with van der Waals surface area (Å²) in [4.78, 5) is 0. The summed E-state index contributed by atoms with van der Waals surface area (Å²) in [5, 5.41) is 8.85. The molecule has 0 bridgehead atoms. The molecule has 0 saturated carbocycles. The van der Waals surface area contributed by atoms with E-state index in [4.69, 9.17) is 15.2 Å². The van der Waals surface area contributed by atoms with Crippen LogP contribution in [0.25, 0.3) is 0 Å². The van der Waals surface area contributed by atoms with Crippen molar-refractivity contribution in [1.82, 2.24) is 14.8 Å². The molecule has 0 aliphatic carbocycles. The van der Waals surface area contributed by atoms with E-state index in [2.05, 4.69) is 24.0 Å². The maximum Gasteiger partial charge on any atom is 0.222 e. The van der Waals surface area contributed by atoms with E-state index in [1.807, 2.05) is 4.57 Å². The molecule has 1 aromatic rings. The summed E-state index contributed by atoms with van der Waals surface area (Å²) in [6, 6.07) is 0.278. The highest BCUT2D eigenvalue weighted by Gasteiger charge is 2.12. The molecule has 0 aliphatic rings. The number of thioether (sulfide) groups is 1. The number of nitrogen functional groups attached to an aromatic ring is 1. The van der Waals surface area contributed by atoms with Crippen molar-refractivity contribution in [3.8, 4) is 0 Å². The minimum atomic E-state index is 0.278. The molecule has 1 rings (SSSR count). The first-order valence-corrected chi connectivity index (χ1v) is 7.05. The van der Waals surface area contributed by atoms with Crippen molar-refractivity contribution in [3.63, 3.8) is 0 Å². The maximum atomic E-state index is 5.77. The summed E-state index contributed by atoms with van der Waals surface area (Å²) in [6.07, 6.45) is 0.971. The molecule has 6 nitrogen and oxygen atoms in total. The first-order chi connectivity index (χ1) is 8.66. The molecule has 0 atom stereocenters. The van der Waals surface area contributed by atoms with Crippen molar-refractivity contribution in [2.45, 2.75) is 31.5 Å². The number of aromatic nitrogens is 3. The molecular formula is C11H22N4O2S. The van der Waals surface area contributed by atoms with E-state index in [9.17, 15) is 0 Å². The van der Waals surface area contributed by atoms with Gasteiger partial charge in [-0.2, -0.15) is 0 Å². The lowest BCUT2D eigenvalue weighted by Gasteiger charge is -2.11. The molecule has 0 amide bonds. The Labute approximate surface area is 112 Å². The SMILES string of the molecule is COCCOCCCSc1nnc(N)n1C(C)C. The van der Waals surface area contributed by atoms with Crippen LogP contribution >= 0.6 is 11.8 Å². The third-order valence-corrected chi connectivity index (χ3v) is 3.33. The van der Waals surface area contributed by atoms with E-state index in [1.54, 1.807) is 18.9 Å². The number of nitrogens with two attached hydrogens (primary N) is 1. The van der Waals surface area contributed by atoms with Crippen molar-refractivity contribution in [3.05, 3.63) is 0 Å². The van der Waals surface area contributed by atoms with E-state index in [-0.39, 0.29) is 6.04 Å². The highest BCUT2D eigenvalue weighted by molar-refractivity contribution is 7.99. The molecule has 2 N–H and O–H groups in total. The zero-order chi connectivity index (χ0) is 13.4. The van der Waals surface area contributed by atoms with E-state index >= 15 is 0 Å². The van der Waals surface area contributed by atoms with Gasteiger partial charge in [0.15, 0.2) is 5.16 Å². The van der Waals surface area contributed by atoms with Crippen LogP contribution in [0, 0.1) is 0 Å². The van der Waals surface area contributed by atoms with Gasteiger partial charge in [0, 0.05) is 25.5 Å². The lowest BCUT2D eigenvalue weighted by Crippen LogP contribution is -2.07. The highest BCUT2D eigenvalue weighted by Crippen LogP contribution is 2.22. The average molecular weight is 274 g/mol. The van der Waals surface area contributed by atoms with Crippen molar-refractivity contribution in [2.75, 3.05) is 38.4 Å². The first-order valence-electron chi connectivity index (χ1n) is 6.06. The van der Waals surface area contributed by atoms with Gasteiger partial charge in [-0.3, -0.25) is 4.57 Å². The van der Waals surface area contributed by atoms with E-state index in [0.29, 0.717) is 19.2 Å². The first kappa shape index (κ1) is 15.3. The second-order valence-corrected chi connectivity index (χ2v) is 5.17. The fourth-order valence-electron chi connectivity index (χ4n) is 1.44. The fourth-order valence-corrected chi connectivity index (χ4v) is 2.43. The van der Waals surface area contributed by atoms with Crippen LogP contribution < -0.4 is 5.73 Å². The Kier molecular flexibility index (Phi) is 7.07. The Bertz CT molecular complexity index is 344. The Morgan fingerprint density at radius 2 is 2.06 bits per heavy atom. The van der Waals surface area contributed by atoms with Gasteiger partial charge in [0.25, 0.3) is 0 Å². The van der Waals surface area contributed by atoms with Gasteiger partial charge < -0.3 is 15.2 Å². The van der Waals surface area contributed by atoms with Crippen LogP contribution in [-0.2, 0) is 9.47 Å². The van der Waals surface area contributed by atoms with Gasteiger partial charge in [0.2, 0.25) is 5.95 Å². The smallest absolute Gasteiger partial charge is 0.222 e. The Morgan fingerprint density at radius 1 is 1.28 bits per heavy atom. The molecule has 0 radical (unpaired) electrons. The predicted octanol–water partition coefficient (Wildman–Crippen LogP) is 1.59. The highest BCUT2D eigenvalue weighted by atomic mass is 32.2. The quantitative estimate of drug-likeness (QED) is 0.544. The van der Waals surface area contributed by atoms with Crippen LogP contribution in [0.1, 0.15) is 26.3 Å². The number of anilines is 1. The summed E-state index contributed by atoms with van der Waals surface area (Å²) >= 11 is 1.66. The molecule has 0 unspecified atom stereocenters. The summed E-state index contributed by atoms with van der Waals surface area (Å²) in [5.41, 5.74) is 5.77. The van der Waals surface area contributed by atoms with Gasteiger partial charge >= 0.3 is 0 Å². The van der Waals surface area contributed by atoms with Crippen molar-refractivity contribution < 1.29 is 9.47 Å². The van der Waals surface area contributed by atoms with E-state index in [1.165, 1.54) is 0 Å². The lowest BCUT2D eigenvalue weighted by molar-refractivity contribution is 0.0713. The second-order valence-electron chi connectivity index (χ2n) is 4.11. The van der Waals surface area contributed by atoms with E-state index in [0.717, 1.165) is 23.9 Å². The number of nitrogens with zero attached hydrogens (tertiary/aromatic N) is 3. The van der Waals surface area contributed by atoms with Gasteiger partial charge in [-0.1, -0.05) is 11.8 Å². The zero-order valence-electron chi connectivity index (χ0n) is 11.3. The number of rotatable bonds is 9. The van der Waals surface area contributed by atoms with Crippen LogP contribution in [-0.4, -0.2) is 47.4 Å². The minimum absolute atomic E-state index is 0.278. The monoisotopic (exact) mass is 274 g/mol. The minimum Gasteiger partial charge on any atom is -0.382 e. The third kappa shape index (κ3) is 4.83. The Hall–Kier alpha value is -0.790. The second kappa shape index (κ2) is 8.34. The number of hydrogen-bond donors (Lipinski definition) is 1. The van der Waals surface area contributed by atoms with Crippen LogP contribution in [0.15, 0.2) is 5.16 Å². The summed E-state index contributed by atoms with van der Waals surface area (Å²) < 4.78 is 12.2. The Balaban J connectivity index is 2.23. The molecular weight excluding hydrogens is 252 g/mol. The Morgan fingerprint density at radius 3 is 2.72 bits per heavy atom. The average Bonchev–Trinajstić information content (AvgIpc) is 2.69. The third-order valence-electron chi connectivity index (χ3n) is 2.30. The molecule has 7 heteroatoms. The summed E-state index contributed by atoms with van der Waals surface area (Å²) in [6.45, 7) is 6.17. The van der Waals surface area contributed by atoms with Crippen molar-refractivity contribution in [2.24, 2.45) is 0 Å². The fraction of sp³-hybridized carbons (Fsp3) is 0.818. The summed E-state index contributed by atoms with van der Waals surface area (Å²) in [7, 11) is 1.67. The molecule has 0 spiro atoms. The molecule has 1 heterocycles. The van der Waals surface area contributed by atoms with Crippen molar-refractivity contribution in [1.29, 1.82) is 0 Å². The molecule has 0 aromatic carbocycles. The molecule has 0 saturated heterocycles. The topological polar surface area (TPSA) is 75.2 Å². The van der Waals surface area contributed by atoms with Crippen LogP contribution in [0.2, 0.25) is 0 Å². The zero-order valence-corrected chi connectivity index (χ0v) is 12.1. The molecule has 104 valence electrons. The lowest BCUT2D eigenvalue weighted by atomic mass is 10.4. The predicted molar refractivity (Wildman–Crippen MR) is 72.9 cm³/mol. The standard InChI is InChI=1S/C11H22N4O2S/c1-9(2)15-10(12)13-14-11(15)18-8-4-5-17-7-6-16-3/h9H,4-8H2,1-3H3,(H2,12,13). The largest absolute Gasteiger partial charge is 0.382 e. The number of methoxy groups -OCH3 is 1. The maximum absolute atomic E-state index is 5.77. The van der Waals surface area contributed by atoms with Crippen LogP contribution in [0.5, 0.6) is 0 Å².